The van der Waals surface area contributed by atoms with Gasteiger partial charge in [-0.25, -0.2) is 4.79 Å². The predicted molar refractivity (Wildman–Crippen MR) is 94.6 cm³/mol. The lowest BCUT2D eigenvalue weighted by Crippen LogP contribution is -2.31. The molecule has 2 rings (SSSR count). The van der Waals surface area contributed by atoms with Crippen molar-refractivity contribution < 1.29 is 9.53 Å². The lowest BCUT2D eigenvalue weighted by atomic mass is 10.1. The van der Waals surface area contributed by atoms with Gasteiger partial charge in [-0.15, -0.1) is 0 Å². The second kappa shape index (κ2) is 8.09. The predicted octanol–water partition coefficient (Wildman–Crippen LogP) is 5.27. The molecule has 0 bridgehead atoms. The molecule has 0 unspecified atom stereocenters. The largest absolute Gasteiger partial charge is 0.492 e. The highest BCUT2D eigenvalue weighted by molar-refractivity contribution is 6.35. The number of rotatable bonds is 5. The first-order chi connectivity index (χ1) is 11.0. The first-order valence-corrected chi connectivity index (χ1v) is 8.01. The van der Waals surface area contributed by atoms with Crippen LogP contribution in [0, 0.1) is 0 Å². The molecule has 2 aromatic carbocycles. The van der Waals surface area contributed by atoms with Crippen molar-refractivity contribution >= 4 is 34.9 Å². The van der Waals surface area contributed by atoms with Crippen molar-refractivity contribution in [1.29, 1.82) is 0 Å². The maximum atomic E-state index is 12.2. The van der Waals surface area contributed by atoms with Crippen LogP contribution >= 0.6 is 23.2 Å². The zero-order chi connectivity index (χ0) is 16.8. The normalized spacial score (nSPS) is 11.7. The minimum absolute atomic E-state index is 0.265. The summed E-state index contributed by atoms with van der Waals surface area (Å²) in [4.78, 5) is 12.2. The maximum absolute atomic E-state index is 12.2. The van der Waals surface area contributed by atoms with E-state index in [4.69, 9.17) is 27.9 Å². The van der Waals surface area contributed by atoms with Gasteiger partial charge in [0.25, 0.3) is 0 Å². The van der Waals surface area contributed by atoms with Gasteiger partial charge in [-0.3, -0.25) is 0 Å². The Balaban J connectivity index is 2.04. The molecule has 6 heteroatoms. The maximum Gasteiger partial charge on any atom is 0.319 e. The molecule has 0 saturated carbocycles. The van der Waals surface area contributed by atoms with E-state index in [1.807, 2.05) is 26.0 Å². The molecule has 0 aliphatic heterocycles. The molecule has 122 valence electrons. The smallest absolute Gasteiger partial charge is 0.319 e. The number of benzene rings is 2. The van der Waals surface area contributed by atoms with Gasteiger partial charge in [0.1, 0.15) is 5.75 Å². The van der Waals surface area contributed by atoms with Crippen LogP contribution in [0.25, 0.3) is 0 Å². The second-order valence-corrected chi connectivity index (χ2v) is 5.76. The fraction of sp³-hybridized carbons (Fsp3) is 0.235. The number of carbonyl (C=O) groups excluding carboxylic acids is 1. The van der Waals surface area contributed by atoms with Gasteiger partial charge in [0.05, 0.1) is 18.3 Å². The van der Waals surface area contributed by atoms with E-state index in [9.17, 15) is 4.79 Å². The number of anilines is 1. The third kappa shape index (κ3) is 4.78. The number of urea groups is 1. The van der Waals surface area contributed by atoms with Crippen LogP contribution in [0.1, 0.15) is 25.5 Å². The molecule has 4 nitrogen and oxygen atoms in total. The fourth-order valence-electron chi connectivity index (χ4n) is 2.14. The third-order valence-electron chi connectivity index (χ3n) is 3.21. The Kier molecular flexibility index (Phi) is 6.13. The zero-order valence-electron chi connectivity index (χ0n) is 12.9. The molecule has 1 atom stereocenters. The van der Waals surface area contributed by atoms with Crippen LogP contribution in [-0.2, 0) is 0 Å². The Morgan fingerprint density at radius 2 is 1.96 bits per heavy atom. The van der Waals surface area contributed by atoms with Gasteiger partial charge in [0.15, 0.2) is 0 Å². The zero-order valence-corrected chi connectivity index (χ0v) is 14.4. The lowest BCUT2D eigenvalue weighted by molar-refractivity contribution is 0.249. The van der Waals surface area contributed by atoms with Gasteiger partial charge < -0.3 is 15.4 Å². The Morgan fingerprint density at radius 3 is 2.65 bits per heavy atom. The van der Waals surface area contributed by atoms with E-state index in [1.54, 1.807) is 30.3 Å². The molecule has 2 amide bonds. The van der Waals surface area contributed by atoms with Crippen molar-refractivity contribution in [3.63, 3.8) is 0 Å². The molecule has 0 aliphatic carbocycles. The summed E-state index contributed by atoms with van der Waals surface area (Å²) in [5.74, 6) is 0.627. The third-order valence-corrected chi connectivity index (χ3v) is 3.77. The van der Waals surface area contributed by atoms with Crippen molar-refractivity contribution in [3.05, 3.63) is 58.1 Å². The van der Waals surface area contributed by atoms with E-state index in [0.29, 0.717) is 28.1 Å². The van der Waals surface area contributed by atoms with Crippen molar-refractivity contribution in [2.45, 2.75) is 19.9 Å². The standard InChI is InChI=1S/C17H18Cl2N2O2/c1-3-23-16-7-5-4-6-15(16)21-17(22)20-11(2)13-9-8-12(18)10-14(13)19/h4-11H,3H2,1-2H3,(H2,20,21,22)/t11-/m0/s1. The first kappa shape index (κ1) is 17.4. The average molecular weight is 353 g/mol. The van der Waals surface area contributed by atoms with E-state index in [2.05, 4.69) is 10.6 Å². The van der Waals surface area contributed by atoms with Gasteiger partial charge in [-0.2, -0.15) is 0 Å². The number of carbonyl (C=O) groups is 1. The summed E-state index contributed by atoms with van der Waals surface area (Å²) in [5, 5.41) is 6.69. The van der Waals surface area contributed by atoms with Gasteiger partial charge in [-0.05, 0) is 43.7 Å². The van der Waals surface area contributed by atoms with Crippen molar-refractivity contribution in [2.24, 2.45) is 0 Å². The minimum atomic E-state index is -0.337. The number of ether oxygens (including phenoxy) is 1. The van der Waals surface area contributed by atoms with E-state index in [-0.39, 0.29) is 12.1 Å². The van der Waals surface area contributed by atoms with Crippen LogP contribution in [0.15, 0.2) is 42.5 Å². The molecule has 0 saturated heterocycles. The van der Waals surface area contributed by atoms with Gasteiger partial charge in [0, 0.05) is 10.0 Å². The number of amides is 2. The van der Waals surface area contributed by atoms with Crippen LogP contribution in [0.4, 0.5) is 10.5 Å². The topological polar surface area (TPSA) is 50.4 Å². The monoisotopic (exact) mass is 352 g/mol. The van der Waals surface area contributed by atoms with Crippen LogP contribution in [0.5, 0.6) is 5.75 Å². The van der Waals surface area contributed by atoms with Crippen LogP contribution in [0.2, 0.25) is 10.0 Å². The van der Waals surface area contributed by atoms with Crippen LogP contribution in [-0.4, -0.2) is 12.6 Å². The Bertz CT molecular complexity index is 692. The molecule has 2 aromatic rings. The van der Waals surface area contributed by atoms with E-state index in [1.165, 1.54) is 0 Å². The molecule has 0 heterocycles. The Hall–Kier alpha value is -1.91. The summed E-state index contributed by atoms with van der Waals surface area (Å²) in [6.07, 6.45) is 0. The number of halogens is 2. The summed E-state index contributed by atoms with van der Waals surface area (Å²) in [6.45, 7) is 4.27. The van der Waals surface area contributed by atoms with Crippen molar-refractivity contribution in [2.75, 3.05) is 11.9 Å². The molecular weight excluding hydrogens is 335 g/mol. The highest BCUT2D eigenvalue weighted by atomic mass is 35.5. The van der Waals surface area contributed by atoms with Crippen molar-refractivity contribution in [1.82, 2.24) is 5.32 Å². The molecular formula is C17H18Cl2N2O2. The Labute approximate surface area is 145 Å². The summed E-state index contributed by atoms with van der Waals surface area (Å²) in [7, 11) is 0. The molecule has 0 aliphatic rings. The number of hydrogen-bond donors (Lipinski definition) is 2. The minimum Gasteiger partial charge on any atom is -0.492 e. The average Bonchev–Trinajstić information content (AvgIpc) is 2.49. The molecule has 0 fully saturated rings. The molecule has 23 heavy (non-hydrogen) atoms. The van der Waals surface area contributed by atoms with Gasteiger partial charge >= 0.3 is 6.03 Å². The summed E-state index contributed by atoms with van der Waals surface area (Å²) in [6, 6.07) is 11.9. The summed E-state index contributed by atoms with van der Waals surface area (Å²) >= 11 is 12.0. The SMILES string of the molecule is CCOc1ccccc1NC(=O)N[C@@H](C)c1ccc(Cl)cc1Cl. The lowest BCUT2D eigenvalue weighted by Gasteiger charge is -2.17. The van der Waals surface area contributed by atoms with E-state index >= 15 is 0 Å². The highest BCUT2D eigenvalue weighted by Crippen LogP contribution is 2.27. The van der Waals surface area contributed by atoms with E-state index < -0.39 is 0 Å². The number of nitrogens with one attached hydrogen (secondary N) is 2. The quantitative estimate of drug-likeness (QED) is 0.769. The van der Waals surface area contributed by atoms with E-state index in [0.717, 1.165) is 5.56 Å². The molecule has 0 aromatic heterocycles. The molecule has 0 radical (unpaired) electrons. The fourth-order valence-corrected chi connectivity index (χ4v) is 2.71. The molecule has 0 spiro atoms. The highest BCUT2D eigenvalue weighted by Gasteiger charge is 2.14. The second-order valence-electron chi connectivity index (χ2n) is 4.92. The van der Waals surface area contributed by atoms with Crippen molar-refractivity contribution in [3.8, 4) is 5.75 Å². The van der Waals surface area contributed by atoms with Crippen LogP contribution in [0.3, 0.4) is 0 Å². The number of hydrogen-bond acceptors (Lipinski definition) is 2. The summed E-state index contributed by atoms with van der Waals surface area (Å²) < 4.78 is 5.48. The number of para-hydroxylation sites is 2. The first-order valence-electron chi connectivity index (χ1n) is 7.25. The summed E-state index contributed by atoms with van der Waals surface area (Å²) in [5.41, 5.74) is 1.41. The molecule has 2 N–H and O–H groups in total. The van der Waals surface area contributed by atoms with Gasteiger partial charge in [0.2, 0.25) is 0 Å². The Morgan fingerprint density at radius 1 is 1.22 bits per heavy atom. The van der Waals surface area contributed by atoms with Gasteiger partial charge in [-0.1, -0.05) is 41.4 Å². The van der Waals surface area contributed by atoms with Crippen LogP contribution < -0.4 is 15.4 Å².